The van der Waals surface area contributed by atoms with Crippen molar-refractivity contribution >= 4 is 16.9 Å². The fourth-order valence-electron chi connectivity index (χ4n) is 2.50. The van der Waals surface area contributed by atoms with E-state index in [1.54, 1.807) is 6.20 Å². The molecule has 0 radical (unpaired) electrons. The highest BCUT2D eigenvalue weighted by molar-refractivity contribution is 5.84. The summed E-state index contributed by atoms with van der Waals surface area (Å²) < 4.78 is 0. The highest BCUT2D eigenvalue weighted by Gasteiger charge is 2.07. The Labute approximate surface area is 122 Å². The van der Waals surface area contributed by atoms with Crippen molar-refractivity contribution in [2.75, 3.05) is 0 Å². The molecule has 3 aromatic rings. The summed E-state index contributed by atoms with van der Waals surface area (Å²) in [5.41, 5.74) is 4.15. The zero-order valence-electron chi connectivity index (χ0n) is 11.5. The molecule has 0 aliphatic rings. The number of rotatable bonds is 4. The van der Waals surface area contributed by atoms with Gasteiger partial charge in [-0.2, -0.15) is 0 Å². The Hall–Kier alpha value is -2.68. The monoisotopic (exact) mass is 277 g/mol. The van der Waals surface area contributed by atoms with Crippen LogP contribution in [-0.2, 0) is 11.2 Å². The van der Waals surface area contributed by atoms with Gasteiger partial charge < -0.3 is 5.11 Å². The molecule has 3 heteroatoms. The van der Waals surface area contributed by atoms with E-state index in [9.17, 15) is 4.79 Å². The van der Waals surface area contributed by atoms with E-state index in [-0.39, 0.29) is 6.42 Å². The lowest BCUT2D eigenvalue weighted by atomic mass is 9.96. The molecule has 0 aliphatic heterocycles. The first-order chi connectivity index (χ1) is 10.2. The zero-order valence-corrected chi connectivity index (χ0v) is 11.5. The third-order valence-corrected chi connectivity index (χ3v) is 3.54. The van der Waals surface area contributed by atoms with Gasteiger partial charge in [0.1, 0.15) is 0 Å². The maximum atomic E-state index is 10.8. The Bertz CT molecular complexity index is 796. The van der Waals surface area contributed by atoms with Gasteiger partial charge in [-0.25, -0.2) is 0 Å². The maximum Gasteiger partial charge on any atom is 0.303 e. The number of aliphatic carboxylic acids is 1. The number of carboxylic acids is 1. The van der Waals surface area contributed by atoms with Crippen LogP contribution in [0.2, 0.25) is 0 Å². The molecule has 0 unspecified atom stereocenters. The van der Waals surface area contributed by atoms with Crippen LogP contribution >= 0.6 is 0 Å². The van der Waals surface area contributed by atoms with Crippen molar-refractivity contribution in [1.29, 1.82) is 0 Å². The first kappa shape index (κ1) is 13.3. The van der Waals surface area contributed by atoms with Crippen LogP contribution in [0.4, 0.5) is 0 Å². The summed E-state index contributed by atoms with van der Waals surface area (Å²) in [5.74, 6) is -0.773. The summed E-state index contributed by atoms with van der Waals surface area (Å²) in [6.45, 7) is 0. The van der Waals surface area contributed by atoms with Gasteiger partial charge in [0.25, 0.3) is 0 Å². The number of carboxylic acid groups (broad SMARTS) is 1. The number of aryl methyl sites for hydroxylation is 1. The van der Waals surface area contributed by atoms with Crippen molar-refractivity contribution in [3.8, 4) is 11.1 Å². The predicted octanol–water partition coefficient (Wildman–Crippen LogP) is 3.92. The van der Waals surface area contributed by atoms with Gasteiger partial charge in [-0.3, -0.25) is 9.78 Å². The molecule has 1 aromatic heterocycles. The molecule has 0 amide bonds. The van der Waals surface area contributed by atoms with Crippen LogP contribution in [0.15, 0.2) is 60.8 Å². The van der Waals surface area contributed by atoms with Crippen LogP contribution in [-0.4, -0.2) is 16.1 Å². The first-order valence-corrected chi connectivity index (χ1v) is 6.89. The van der Waals surface area contributed by atoms with E-state index >= 15 is 0 Å². The Morgan fingerprint density at radius 2 is 1.90 bits per heavy atom. The molecule has 0 fully saturated rings. The van der Waals surface area contributed by atoms with Crippen molar-refractivity contribution in [1.82, 2.24) is 4.98 Å². The Kier molecular flexibility index (Phi) is 3.65. The van der Waals surface area contributed by atoms with Gasteiger partial charge >= 0.3 is 5.97 Å². The molecule has 2 aromatic carbocycles. The predicted molar refractivity (Wildman–Crippen MR) is 83.1 cm³/mol. The summed E-state index contributed by atoms with van der Waals surface area (Å²) in [4.78, 5) is 15.2. The second-order valence-electron chi connectivity index (χ2n) is 4.96. The van der Waals surface area contributed by atoms with E-state index in [1.807, 2.05) is 42.5 Å². The SMILES string of the molecule is O=C(O)CCc1ccccc1-c1ccc2cccnc2c1. The minimum Gasteiger partial charge on any atom is -0.481 e. The number of hydrogen-bond acceptors (Lipinski definition) is 2. The van der Waals surface area contributed by atoms with Gasteiger partial charge in [-0.1, -0.05) is 42.5 Å². The normalized spacial score (nSPS) is 10.7. The fourth-order valence-corrected chi connectivity index (χ4v) is 2.50. The van der Waals surface area contributed by atoms with Crippen LogP contribution in [0.5, 0.6) is 0 Å². The first-order valence-electron chi connectivity index (χ1n) is 6.89. The highest BCUT2D eigenvalue weighted by atomic mass is 16.4. The lowest BCUT2D eigenvalue weighted by Gasteiger charge is -2.09. The fraction of sp³-hybridized carbons (Fsp3) is 0.111. The molecule has 0 saturated carbocycles. The Morgan fingerprint density at radius 3 is 2.76 bits per heavy atom. The van der Waals surface area contributed by atoms with E-state index in [0.29, 0.717) is 6.42 Å². The molecular weight excluding hydrogens is 262 g/mol. The molecule has 0 atom stereocenters. The smallest absolute Gasteiger partial charge is 0.303 e. The molecule has 0 aliphatic carbocycles. The van der Waals surface area contributed by atoms with Crippen LogP contribution in [0, 0.1) is 0 Å². The third-order valence-electron chi connectivity index (χ3n) is 3.54. The molecule has 104 valence electrons. The molecule has 3 nitrogen and oxygen atoms in total. The van der Waals surface area contributed by atoms with E-state index in [0.717, 1.165) is 27.6 Å². The van der Waals surface area contributed by atoms with Gasteiger partial charge in [-0.15, -0.1) is 0 Å². The van der Waals surface area contributed by atoms with Crippen molar-refractivity contribution in [2.24, 2.45) is 0 Å². The Balaban J connectivity index is 2.03. The van der Waals surface area contributed by atoms with Crippen molar-refractivity contribution in [3.63, 3.8) is 0 Å². The molecule has 0 spiro atoms. The van der Waals surface area contributed by atoms with Gasteiger partial charge in [0.2, 0.25) is 0 Å². The topological polar surface area (TPSA) is 50.2 Å². The number of hydrogen-bond donors (Lipinski definition) is 1. The van der Waals surface area contributed by atoms with Crippen LogP contribution < -0.4 is 0 Å². The molecular formula is C18H15NO2. The average Bonchev–Trinajstić information content (AvgIpc) is 2.52. The largest absolute Gasteiger partial charge is 0.481 e. The number of pyridine rings is 1. The zero-order chi connectivity index (χ0) is 14.7. The van der Waals surface area contributed by atoms with E-state index in [2.05, 4.69) is 17.1 Å². The average molecular weight is 277 g/mol. The quantitative estimate of drug-likeness (QED) is 0.786. The Morgan fingerprint density at radius 1 is 1.05 bits per heavy atom. The lowest BCUT2D eigenvalue weighted by molar-refractivity contribution is -0.136. The van der Waals surface area contributed by atoms with Gasteiger partial charge in [0.15, 0.2) is 0 Å². The number of benzene rings is 2. The lowest BCUT2D eigenvalue weighted by Crippen LogP contribution is -1.99. The summed E-state index contributed by atoms with van der Waals surface area (Å²) in [6, 6.07) is 18.0. The van der Waals surface area contributed by atoms with Crippen molar-refractivity contribution in [3.05, 3.63) is 66.4 Å². The van der Waals surface area contributed by atoms with Gasteiger partial charge in [-0.05, 0) is 35.2 Å². The molecule has 0 bridgehead atoms. The van der Waals surface area contributed by atoms with Crippen LogP contribution in [0.3, 0.4) is 0 Å². The van der Waals surface area contributed by atoms with Crippen LogP contribution in [0.25, 0.3) is 22.0 Å². The van der Waals surface area contributed by atoms with E-state index in [1.165, 1.54) is 0 Å². The molecule has 0 saturated heterocycles. The van der Waals surface area contributed by atoms with Crippen molar-refractivity contribution in [2.45, 2.75) is 12.8 Å². The highest BCUT2D eigenvalue weighted by Crippen LogP contribution is 2.27. The number of nitrogens with zero attached hydrogens (tertiary/aromatic N) is 1. The van der Waals surface area contributed by atoms with E-state index < -0.39 is 5.97 Å². The van der Waals surface area contributed by atoms with E-state index in [4.69, 9.17) is 5.11 Å². The molecule has 1 N–H and O–H groups in total. The second-order valence-corrected chi connectivity index (χ2v) is 4.96. The standard InChI is InChI=1S/C18H15NO2/c20-18(21)10-9-13-4-1-2-6-16(13)15-8-7-14-5-3-11-19-17(14)12-15/h1-8,11-12H,9-10H2,(H,20,21). The van der Waals surface area contributed by atoms with Crippen molar-refractivity contribution < 1.29 is 9.90 Å². The van der Waals surface area contributed by atoms with Gasteiger partial charge in [0, 0.05) is 18.0 Å². The minimum absolute atomic E-state index is 0.142. The molecule has 3 rings (SSSR count). The number of aromatic nitrogens is 1. The molecule has 21 heavy (non-hydrogen) atoms. The maximum absolute atomic E-state index is 10.8. The summed E-state index contributed by atoms with van der Waals surface area (Å²) in [5, 5.41) is 9.97. The number of fused-ring (bicyclic) bond motifs is 1. The molecule has 1 heterocycles. The number of carbonyl (C=O) groups is 1. The summed E-state index contributed by atoms with van der Waals surface area (Å²) >= 11 is 0. The second kappa shape index (κ2) is 5.75. The minimum atomic E-state index is -0.773. The van der Waals surface area contributed by atoms with Crippen LogP contribution in [0.1, 0.15) is 12.0 Å². The van der Waals surface area contributed by atoms with Gasteiger partial charge in [0.05, 0.1) is 5.52 Å². The third kappa shape index (κ3) is 2.92. The summed E-state index contributed by atoms with van der Waals surface area (Å²) in [6.07, 6.45) is 2.46. The summed E-state index contributed by atoms with van der Waals surface area (Å²) in [7, 11) is 0.